The lowest BCUT2D eigenvalue weighted by Gasteiger charge is -2.14. The molecule has 6 heteroatoms. The van der Waals surface area contributed by atoms with Gasteiger partial charge in [0.15, 0.2) is 6.10 Å². The van der Waals surface area contributed by atoms with E-state index in [9.17, 15) is 9.90 Å². The Balaban J connectivity index is 2.70. The molecule has 2 unspecified atom stereocenters. The van der Waals surface area contributed by atoms with Crippen molar-refractivity contribution in [3.05, 3.63) is 29.8 Å². The van der Waals surface area contributed by atoms with Crippen LogP contribution in [0.25, 0.3) is 0 Å². The first-order chi connectivity index (χ1) is 8.54. The molecule has 100 valence electrons. The molecule has 0 heterocycles. The second-order valence-corrected chi connectivity index (χ2v) is 3.81. The van der Waals surface area contributed by atoms with Crippen LogP contribution in [0, 0.1) is 0 Å². The zero-order chi connectivity index (χ0) is 13.5. The summed E-state index contributed by atoms with van der Waals surface area (Å²) >= 11 is 0. The predicted octanol–water partition coefficient (Wildman–Crippen LogP) is -0.593. The quantitative estimate of drug-likeness (QED) is 0.519. The van der Waals surface area contributed by atoms with Crippen molar-refractivity contribution in [2.24, 2.45) is 0 Å². The van der Waals surface area contributed by atoms with Crippen LogP contribution in [0.3, 0.4) is 0 Å². The van der Waals surface area contributed by atoms with Crippen molar-refractivity contribution in [2.45, 2.75) is 18.6 Å². The van der Waals surface area contributed by atoms with Crippen molar-refractivity contribution in [2.75, 3.05) is 13.2 Å². The summed E-state index contributed by atoms with van der Waals surface area (Å²) in [6.07, 6.45) is -2.58. The first-order valence-corrected chi connectivity index (χ1v) is 5.45. The monoisotopic (exact) mass is 256 g/mol. The molecule has 4 N–H and O–H groups in total. The smallest absolute Gasteiger partial charge is 0.332 e. The molecule has 1 aromatic carbocycles. The summed E-state index contributed by atoms with van der Waals surface area (Å²) in [5.74, 6) is -0.925. The van der Waals surface area contributed by atoms with Crippen LogP contribution in [0.5, 0.6) is 5.75 Å². The summed E-state index contributed by atoms with van der Waals surface area (Å²) in [7, 11) is 0. The summed E-state index contributed by atoms with van der Waals surface area (Å²) < 4.78 is 5.26. The van der Waals surface area contributed by atoms with Gasteiger partial charge in [0.1, 0.15) is 18.5 Å². The molecule has 0 spiro atoms. The number of hydrogen-bond acceptors (Lipinski definition) is 5. The van der Waals surface area contributed by atoms with E-state index in [2.05, 4.69) is 0 Å². The van der Waals surface area contributed by atoms with Crippen LogP contribution < -0.4 is 4.74 Å². The minimum atomic E-state index is -1.50. The molecule has 0 saturated carbocycles. The second-order valence-electron chi connectivity index (χ2n) is 3.81. The molecule has 0 amide bonds. The number of rotatable bonds is 7. The van der Waals surface area contributed by atoms with E-state index in [-0.39, 0.29) is 13.0 Å². The Morgan fingerprint density at radius 3 is 2.56 bits per heavy atom. The van der Waals surface area contributed by atoms with Crippen molar-refractivity contribution in [1.29, 1.82) is 0 Å². The van der Waals surface area contributed by atoms with Gasteiger partial charge in [0.25, 0.3) is 0 Å². The molecular formula is C12H16O6. The summed E-state index contributed by atoms with van der Waals surface area (Å²) in [6.45, 7) is -0.517. The number of carboxylic acids is 1. The van der Waals surface area contributed by atoms with E-state index >= 15 is 0 Å². The molecule has 0 radical (unpaired) electrons. The fourth-order valence-electron chi connectivity index (χ4n) is 1.35. The van der Waals surface area contributed by atoms with Crippen LogP contribution >= 0.6 is 0 Å². The van der Waals surface area contributed by atoms with Crippen LogP contribution in [0.2, 0.25) is 0 Å². The largest absolute Gasteiger partial charge is 0.491 e. The number of para-hydroxylation sites is 1. The van der Waals surface area contributed by atoms with Crippen LogP contribution in [0.4, 0.5) is 0 Å². The number of ether oxygens (including phenoxy) is 1. The van der Waals surface area contributed by atoms with Gasteiger partial charge in [0.2, 0.25) is 0 Å². The normalized spacial score (nSPS) is 13.9. The number of benzene rings is 1. The van der Waals surface area contributed by atoms with Gasteiger partial charge >= 0.3 is 5.97 Å². The average molecular weight is 256 g/mol. The van der Waals surface area contributed by atoms with Gasteiger partial charge in [-0.05, 0) is 11.6 Å². The van der Waals surface area contributed by atoms with Gasteiger partial charge in [-0.15, -0.1) is 0 Å². The van der Waals surface area contributed by atoms with E-state index in [0.717, 1.165) is 0 Å². The molecule has 18 heavy (non-hydrogen) atoms. The Bertz CT molecular complexity index is 392. The molecule has 2 atom stereocenters. The van der Waals surface area contributed by atoms with E-state index in [4.69, 9.17) is 20.1 Å². The van der Waals surface area contributed by atoms with Crippen molar-refractivity contribution in [3.63, 3.8) is 0 Å². The SMILES string of the molecule is O=C(O)C(O)Cc1ccccc1OCC(O)CO. The molecule has 0 aliphatic carbocycles. The third-order valence-electron chi connectivity index (χ3n) is 2.31. The van der Waals surface area contributed by atoms with Crippen LogP contribution in [0.15, 0.2) is 24.3 Å². The highest BCUT2D eigenvalue weighted by Crippen LogP contribution is 2.19. The number of hydrogen-bond donors (Lipinski definition) is 4. The minimum absolute atomic E-state index is 0.0826. The molecule has 0 aromatic heterocycles. The molecule has 6 nitrogen and oxygen atoms in total. The van der Waals surface area contributed by atoms with Gasteiger partial charge in [-0.3, -0.25) is 0 Å². The minimum Gasteiger partial charge on any atom is -0.491 e. The van der Waals surface area contributed by atoms with E-state index in [1.165, 1.54) is 0 Å². The van der Waals surface area contributed by atoms with E-state index in [0.29, 0.717) is 11.3 Å². The Kier molecular flexibility index (Phi) is 5.57. The second kappa shape index (κ2) is 6.95. The predicted molar refractivity (Wildman–Crippen MR) is 62.4 cm³/mol. The third kappa shape index (κ3) is 4.33. The van der Waals surface area contributed by atoms with Crippen molar-refractivity contribution >= 4 is 5.97 Å². The van der Waals surface area contributed by atoms with E-state index in [1.807, 2.05) is 0 Å². The molecule has 1 rings (SSSR count). The summed E-state index contributed by atoms with van der Waals surface area (Å²) in [5.41, 5.74) is 0.525. The highest BCUT2D eigenvalue weighted by Gasteiger charge is 2.16. The van der Waals surface area contributed by atoms with Crippen molar-refractivity contribution in [1.82, 2.24) is 0 Å². The summed E-state index contributed by atoms with van der Waals surface area (Å²) in [4.78, 5) is 10.6. The Labute approximate surface area is 104 Å². The molecule has 0 fully saturated rings. The van der Waals surface area contributed by atoms with Crippen LogP contribution in [0.1, 0.15) is 5.56 Å². The maximum Gasteiger partial charge on any atom is 0.332 e. The zero-order valence-corrected chi connectivity index (χ0v) is 9.69. The lowest BCUT2D eigenvalue weighted by molar-refractivity contribution is -0.146. The maximum absolute atomic E-state index is 10.6. The number of aliphatic carboxylic acids is 1. The molecule has 0 aliphatic rings. The zero-order valence-electron chi connectivity index (χ0n) is 9.69. The number of aliphatic hydroxyl groups is 3. The van der Waals surface area contributed by atoms with Gasteiger partial charge in [-0.2, -0.15) is 0 Å². The summed E-state index contributed by atoms with van der Waals surface area (Å²) in [6, 6.07) is 6.62. The highest BCUT2D eigenvalue weighted by atomic mass is 16.5. The molecule has 0 bridgehead atoms. The van der Waals surface area contributed by atoms with E-state index in [1.54, 1.807) is 24.3 Å². The van der Waals surface area contributed by atoms with Crippen molar-refractivity contribution in [3.8, 4) is 5.75 Å². The first-order valence-electron chi connectivity index (χ1n) is 5.45. The Morgan fingerprint density at radius 1 is 1.28 bits per heavy atom. The van der Waals surface area contributed by atoms with Gasteiger partial charge in [0, 0.05) is 6.42 Å². The molecule has 1 aromatic rings. The van der Waals surface area contributed by atoms with Gasteiger partial charge < -0.3 is 25.2 Å². The van der Waals surface area contributed by atoms with Crippen LogP contribution in [-0.4, -0.2) is 51.8 Å². The Hall–Kier alpha value is -1.63. The summed E-state index contributed by atoms with van der Waals surface area (Å²) in [5, 5.41) is 35.7. The van der Waals surface area contributed by atoms with Gasteiger partial charge in [0.05, 0.1) is 6.61 Å². The molecule has 0 aliphatic heterocycles. The third-order valence-corrected chi connectivity index (χ3v) is 2.31. The lowest BCUT2D eigenvalue weighted by atomic mass is 10.1. The average Bonchev–Trinajstić information content (AvgIpc) is 2.37. The topological polar surface area (TPSA) is 107 Å². The lowest BCUT2D eigenvalue weighted by Crippen LogP contribution is -2.24. The Morgan fingerprint density at radius 2 is 1.94 bits per heavy atom. The van der Waals surface area contributed by atoms with Crippen LogP contribution in [-0.2, 0) is 11.2 Å². The highest BCUT2D eigenvalue weighted by molar-refractivity contribution is 5.72. The van der Waals surface area contributed by atoms with Gasteiger partial charge in [-0.1, -0.05) is 18.2 Å². The molecular weight excluding hydrogens is 240 g/mol. The number of aliphatic hydroxyl groups excluding tert-OH is 3. The maximum atomic E-state index is 10.6. The fraction of sp³-hybridized carbons (Fsp3) is 0.417. The number of carbonyl (C=O) groups is 1. The van der Waals surface area contributed by atoms with Gasteiger partial charge in [-0.25, -0.2) is 4.79 Å². The number of carboxylic acid groups (broad SMARTS) is 1. The first kappa shape index (κ1) is 14.4. The standard InChI is InChI=1S/C12H16O6/c13-6-9(14)7-18-11-4-2-1-3-8(11)5-10(15)12(16)17/h1-4,9-10,13-15H,5-7H2,(H,16,17). The fourth-order valence-corrected chi connectivity index (χ4v) is 1.35. The van der Waals surface area contributed by atoms with Crippen molar-refractivity contribution < 1.29 is 30.0 Å². The molecule has 0 saturated heterocycles. The van der Waals surface area contributed by atoms with E-state index < -0.39 is 24.8 Å².